The van der Waals surface area contributed by atoms with E-state index in [1.165, 1.54) is 5.56 Å². The summed E-state index contributed by atoms with van der Waals surface area (Å²) in [5, 5.41) is 16.4. The van der Waals surface area contributed by atoms with Gasteiger partial charge in [0.15, 0.2) is 0 Å². The number of nitrogens with one attached hydrogen (secondary N) is 2. The molecule has 0 saturated heterocycles. The van der Waals surface area contributed by atoms with Crippen molar-refractivity contribution in [2.24, 2.45) is 0 Å². The average molecular weight is 354 g/mol. The van der Waals surface area contributed by atoms with E-state index >= 15 is 0 Å². The Bertz CT molecular complexity index is 770. The Kier molecular flexibility index (Phi) is 5.94. The van der Waals surface area contributed by atoms with Gasteiger partial charge in [-0.15, -0.1) is 0 Å². The van der Waals surface area contributed by atoms with Crippen LogP contribution in [0.15, 0.2) is 48.7 Å². The second-order valence-electron chi connectivity index (χ2n) is 7.03. The van der Waals surface area contributed by atoms with Gasteiger partial charge >= 0.3 is 0 Å². The first-order chi connectivity index (χ1) is 12.6. The van der Waals surface area contributed by atoms with Gasteiger partial charge in [-0.2, -0.15) is 0 Å². The Balaban J connectivity index is 1.75. The summed E-state index contributed by atoms with van der Waals surface area (Å²) in [5.74, 6) is -0.253. The van der Waals surface area contributed by atoms with E-state index in [0.717, 1.165) is 42.5 Å². The lowest BCUT2D eigenvalue weighted by Crippen LogP contribution is -2.28. The molecule has 1 unspecified atom stereocenters. The summed E-state index contributed by atoms with van der Waals surface area (Å²) in [4.78, 5) is 0. The maximum Gasteiger partial charge on any atom is 0.146 e. The third-order valence-electron chi connectivity index (χ3n) is 5.01. The third kappa shape index (κ3) is 4.44. The topological polar surface area (TPSA) is 44.3 Å². The van der Waals surface area contributed by atoms with Crippen LogP contribution in [0.5, 0.6) is 0 Å². The highest BCUT2D eigenvalue weighted by Gasteiger charge is 2.25. The van der Waals surface area contributed by atoms with Gasteiger partial charge in [0.25, 0.3) is 0 Å². The van der Waals surface area contributed by atoms with Crippen LogP contribution in [0.4, 0.5) is 15.8 Å². The summed E-state index contributed by atoms with van der Waals surface area (Å²) < 4.78 is 14.4. The van der Waals surface area contributed by atoms with Crippen LogP contribution in [0.1, 0.15) is 42.9 Å². The first-order valence-electron chi connectivity index (χ1n) is 9.27. The van der Waals surface area contributed by atoms with E-state index in [-0.39, 0.29) is 11.9 Å². The molecular weight excluding hydrogens is 327 g/mol. The summed E-state index contributed by atoms with van der Waals surface area (Å²) in [5.41, 5.74) is 4.74. The molecule has 138 valence electrons. The van der Waals surface area contributed by atoms with Gasteiger partial charge in [-0.3, -0.25) is 0 Å². The van der Waals surface area contributed by atoms with Crippen molar-refractivity contribution >= 4 is 11.4 Å². The zero-order chi connectivity index (χ0) is 18.5. The summed E-state index contributed by atoms with van der Waals surface area (Å²) >= 11 is 0. The smallest absolute Gasteiger partial charge is 0.146 e. The molecule has 2 aromatic carbocycles. The van der Waals surface area contributed by atoms with E-state index in [1.54, 1.807) is 6.07 Å². The van der Waals surface area contributed by atoms with Crippen LogP contribution >= 0.6 is 0 Å². The molecule has 3 rings (SSSR count). The quantitative estimate of drug-likeness (QED) is 0.684. The lowest BCUT2D eigenvalue weighted by atomic mass is 9.99. The van der Waals surface area contributed by atoms with Crippen molar-refractivity contribution in [1.82, 2.24) is 0 Å². The molecule has 1 saturated carbocycles. The van der Waals surface area contributed by atoms with Crippen LogP contribution < -0.4 is 10.6 Å². The number of aliphatic hydroxyl groups excluding tert-OH is 1. The van der Waals surface area contributed by atoms with E-state index in [4.69, 9.17) is 0 Å². The largest absolute Gasteiger partial charge is 0.391 e. The summed E-state index contributed by atoms with van der Waals surface area (Å²) in [6.45, 7) is 3.91. The molecule has 3 N–H and O–H groups in total. The van der Waals surface area contributed by atoms with Crippen LogP contribution in [0.25, 0.3) is 0 Å². The van der Waals surface area contributed by atoms with Gasteiger partial charge < -0.3 is 15.7 Å². The maximum absolute atomic E-state index is 14.4. The molecule has 3 nitrogen and oxygen atoms in total. The summed E-state index contributed by atoms with van der Waals surface area (Å²) in [7, 11) is 0. The fourth-order valence-electron chi connectivity index (χ4n) is 3.45. The lowest BCUT2D eigenvalue weighted by Gasteiger charge is -2.20. The van der Waals surface area contributed by atoms with Crippen molar-refractivity contribution in [2.75, 3.05) is 10.6 Å². The minimum absolute atomic E-state index is 0.0583. The van der Waals surface area contributed by atoms with Gasteiger partial charge in [-0.25, -0.2) is 4.39 Å². The normalized spacial score (nSPS) is 19.8. The number of allylic oxidation sites excluding steroid dienone is 1. The molecule has 0 aliphatic heterocycles. The molecule has 0 radical (unpaired) electrons. The monoisotopic (exact) mass is 354 g/mol. The van der Waals surface area contributed by atoms with E-state index in [9.17, 15) is 9.50 Å². The molecule has 1 fully saturated rings. The third-order valence-corrected chi connectivity index (χ3v) is 5.01. The van der Waals surface area contributed by atoms with Crippen molar-refractivity contribution in [1.29, 1.82) is 0 Å². The standard InChI is InChI=1S/C22H27FN2O/c1-3-11-24-18-9-7-16(8-10-18)13-17-14-21(19(23)12-15(17)2)25-20-5-4-6-22(20)26/h3,7-12,14,20,22,24-26H,4-6,13H2,1-2H3/b11-3-/t20?,22-/m0/s1. The zero-order valence-electron chi connectivity index (χ0n) is 15.4. The van der Waals surface area contributed by atoms with Crippen LogP contribution in [0, 0.1) is 12.7 Å². The molecule has 26 heavy (non-hydrogen) atoms. The van der Waals surface area contributed by atoms with Gasteiger partial charge in [0.05, 0.1) is 17.8 Å². The minimum Gasteiger partial charge on any atom is -0.391 e. The van der Waals surface area contributed by atoms with Gasteiger partial charge in [0.1, 0.15) is 5.82 Å². The van der Waals surface area contributed by atoms with E-state index < -0.39 is 6.10 Å². The number of aliphatic hydroxyl groups is 1. The fraction of sp³-hybridized carbons (Fsp3) is 0.364. The molecule has 0 bridgehead atoms. The molecule has 1 aliphatic rings. The predicted molar refractivity (Wildman–Crippen MR) is 106 cm³/mol. The van der Waals surface area contributed by atoms with Crippen LogP contribution in [-0.4, -0.2) is 17.3 Å². The highest BCUT2D eigenvalue weighted by molar-refractivity contribution is 5.53. The maximum atomic E-state index is 14.4. The minimum atomic E-state index is -0.392. The number of halogens is 1. The Morgan fingerprint density at radius 2 is 1.96 bits per heavy atom. The van der Waals surface area contributed by atoms with Crippen molar-refractivity contribution in [2.45, 2.75) is 51.7 Å². The molecule has 2 atom stereocenters. The Morgan fingerprint density at radius 3 is 2.62 bits per heavy atom. The summed E-state index contributed by atoms with van der Waals surface area (Å²) in [6.07, 6.45) is 6.84. The van der Waals surface area contributed by atoms with E-state index in [1.807, 2.05) is 44.3 Å². The second kappa shape index (κ2) is 8.37. The highest BCUT2D eigenvalue weighted by atomic mass is 19.1. The van der Waals surface area contributed by atoms with Crippen LogP contribution in [0.3, 0.4) is 0 Å². The van der Waals surface area contributed by atoms with Gasteiger partial charge in [-0.05, 0) is 86.7 Å². The van der Waals surface area contributed by atoms with Crippen molar-refractivity contribution in [3.05, 3.63) is 71.2 Å². The van der Waals surface area contributed by atoms with Crippen molar-refractivity contribution in [3.8, 4) is 0 Å². The first-order valence-corrected chi connectivity index (χ1v) is 9.27. The molecule has 0 amide bonds. The Hall–Kier alpha value is -2.33. The predicted octanol–water partition coefficient (Wildman–Crippen LogP) is 5.00. The van der Waals surface area contributed by atoms with Gasteiger partial charge in [0, 0.05) is 5.69 Å². The fourth-order valence-corrected chi connectivity index (χ4v) is 3.45. The molecule has 0 heterocycles. The number of rotatable bonds is 6. The first kappa shape index (κ1) is 18.5. The molecular formula is C22H27FN2O. The molecule has 2 aromatic rings. The van der Waals surface area contributed by atoms with Crippen LogP contribution in [-0.2, 0) is 6.42 Å². The Labute approximate surface area is 155 Å². The molecule has 4 heteroatoms. The number of anilines is 2. The molecule has 0 spiro atoms. The van der Waals surface area contributed by atoms with Gasteiger partial charge in [0.2, 0.25) is 0 Å². The van der Waals surface area contributed by atoms with E-state index in [2.05, 4.69) is 22.8 Å². The second-order valence-corrected chi connectivity index (χ2v) is 7.03. The molecule has 1 aliphatic carbocycles. The van der Waals surface area contributed by atoms with Crippen LogP contribution in [0.2, 0.25) is 0 Å². The highest BCUT2D eigenvalue weighted by Crippen LogP contribution is 2.27. The number of benzene rings is 2. The van der Waals surface area contributed by atoms with Crippen molar-refractivity contribution < 1.29 is 9.50 Å². The lowest BCUT2D eigenvalue weighted by molar-refractivity contribution is 0.171. The van der Waals surface area contributed by atoms with E-state index in [0.29, 0.717) is 5.69 Å². The number of hydrogen-bond acceptors (Lipinski definition) is 3. The average Bonchev–Trinajstić information content (AvgIpc) is 3.03. The number of aryl methyl sites for hydroxylation is 1. The van der Waals surface area contributed by atoms with Gasteiger partial charge in [-0.1, -0.05) is 18.2 Å². The Morgan fingerprint density at radius 1 is 1.19 bits per heavy atom. The van der Waals surface area contributed by atoms with Crippen molar-refractivity contribution in [3.63, 3.8) is 0 Å². The zero-order valence-corrected chi connectivity index (χ0v) is 15.4. The molecule has 0 aromatic heterocycles. The SMILES string of the molecule is C/C=C\Nc1ccc(Cc2cc(NC3CCC[C@@H]3O)c(F)cc2C)cc1. The summed E-state index contributed by atoms with van der Waals surface area (Å²) in [6, 6.07) is 11.7. The number of hydrogen-bond donors (Lipinski definition) is 3.